The highest BCUT2D eigenvalue weighted by molar-refractivity contribution is 14.1. The molecule has 9 nitrogen and oxygen atoms in total. The van der Waals surface area contributed by atoms with Gasteiger partial charge in [0.15, 0.2) is 5.65 Å². The van der Waals surface area contributed by atoms with E-state index in [1.807, 2.05) is 39.2 Å². The SMILES string of the molecule is CC(C[C@H](C)OCP(=O)(OC(C)C)OC(C)C)Cn1cnc2c(I)nc(N)nc21. The smallest absolute Gasteiger partial charge is 0.356 e. The molecule has 0 saturated carbocycles. The van der Waals surface area contributed by atoms with Crippen molar-refractivity contribution in [2.24, 2.45) is 5.92 Å². The maximum absolute atomic E-state index is 12.9. The van der Waals surface area contributed by atoms with Crippen LogP contribution in [0.4, 0.5) is 5.95 Å². The molecule has 11 heteroatoms. The van der Waals surface area contributed by atoms with Gasteiger partial charge in [0.2, 0.25) is 5.95 Å². The van der Waals surface area contributed by atoms with Crippen molar-refractivity contribution in [1.29, 1.82) is 0 Å². The number of nitrogens with zero attached hydrogens (tertiary/aromatic N) is 4. The zero-order valence-electron chi connectivity index (χ0n) is 17.8. The first kappa shape index (κ1) is 24.5. The van der Waals surface area contributed by atoms with Crippen molar-refractivity contribution in [3.05, 3.63) is 10.0 Å². The molecule has 2 rings (SSSR count). The van der Waals surface area contributed by atoms with E-state index in [9.17, 15) is 4.57 Å². The van der Waals surface area contributed by atoms with Crippen LogP contribution in [-0.2, 0) is 24.9 Å². The lowest BCUT2D eigenvalue weighted by molar-refractivity contribution is 0.0501. The number of nitrogens with two attached hydrogens (primary N) is 1. The Hall–Kier alpha value is -0.810. The van der Waals surface area contributed by atoms with E-state index in [4.69, 9.17) is 19.5 Å². The summed E-state index contributed by atoms with van der Waals surface area (Å²) in [5.41, 5.74) is 7.24. The molecule has 164 valence electrons. The molecule has 2 N–H and O–H groups in total. The standard InChI is InChI=1S/C18H31IN5O4P/c1-11(2)27-29(25,28-12(3)4)10-26-14(6)7-13(5)8-24-9-21-15-16(19)22-18(20)23-17(15)24/h9,11-14H,7-8,10H2,1-6H3,(H2,20,22,23)/t13?,14-/m0/s1. The summed E-state index contributed by atoms with van der Waals surface area (Å²) in [7, 11) is -3.30. The third-order valence-corrected chi connectivity index (χ3v) is 6.64. The largest absolute Gasteiger partial charge is 0.368 e. The van der Waals surface area contributed by atoms with E-state index in [0.717, 1.165) is 21.3 Å². The minimum atomic E-state index is -3.30. The van der Waals surface area contributed by atoms with Gasteiger partial charge in [-0.3, -0.25) is 4.57 Å². The summed E-state index contributed by atoms with van der Waals surface area (Å²) < 4.78 is 32.5. The third kappa shape index (κ3) is 7.43. The lowest BCUT2D eigenvalue weighted by Gasteiger charge is -2.25. The number of aromatic nitrogens is 4. The van der Waals surface area contributed by atoms with Crippen LogP contribution in [0.3, 0.4) is 0 Å². The van der Waals surface area contributed by atoms with Gasteiger partial charge in [-0.2, -0.15) is 4.98 Å². The van der Waals surface area contributed by atoms with Crippen molar-refractivity contribution >= 4 is 47.3 Å². The number of rotatable bonds is 11. The number of hydrogen-bond donors (Lipinski definition) is 1. The highest BCUT2D eigenvalue weighted by Gasteiger charge is 2.29. The Kier molecular flexibility index (Phi) is 8.84. The number of imidazole rings is 1. The van der Waals surface area contributed by atoms with Crippen molar-refractivity contribution in [2.75, 3.05) is 12.1 Å². The summed E-state index contributed by atoms with van der Waals surface area (Å²) in [6.07, 6.45) is 1.94. The van der Waals surface area contributed by atoms with Gasteiger partial charge in [0, 0.05) is 6.54 Å². The number of hydrogen-bond acceptors (Lipinski definition) is 8. The van der Waals surface area contributed by atoms with Crippen LogP contribution in [0.2, 0.25) is 0 Å². The molecular weight excluding hydrogens is 508 g/mol. The van der Waals surface area contributed by atoms with Crippen LogP contribution in [0.5, 0.6) is 0 Å². The summed E-state index contributed by atoms with van der Waals surface area (Å²) in [4.78, 5) is 12.8. The molecule has 2 heterocycles. The Balaban J connectivity index is 1.95. The molecule has 1 unspecified atom stereocenters. The minimum Gasteiger partial charge on any atom is -0.368 e. The molecule has 2 atom stereocenters. The van der Waals surface area contributed by atoms with Crippen molar-refractivity contribution in [3.8, 4) is 0 Å². The lowest BCUT2D eigenvalue weighted by Crippen LogP contribution is -2.19. The molecular formula is C18H31IN5O4P. The first-order valence-corrected chi connectivity index (χ1v) is 12.5. The topological polar surface area (TPSA) is 114 Å². The van der Waals surface area contributed by atoms with Crippen molar-refractivity contribution in [2.45, 2.75) is 72.8 Å². The molecule has 0 saturated heterocycles. The molecule has 29 heavy (non-hydrogen) atoms. The maximum Gasteiger partial charge on any atom is 0.356 e. The molecule has 0 radical (unpaired) electrons. The number of ether oxygens (including phenoxy) is 1. The second-order valence-electron chi connectivity index (χ2n) is 7.81. The Morgan fingerprint density at radius 3 is 2.34 bits per heavy atom. The zero-order chi connectivity index (χ0) is 21.8. The van der Waals surface area contributed by atoms with Gasteiger partial charge in [-0.1, -0.05) is 6.92 Å². The van der Waals surface area contributed by atoms with Crippen molar-refractivity contribution < 1.29 is 18.3 Å². The second-order valence-corrected chi connectivity index (χ2v) is 10.7. The van der Waals surface area contributed by atoms with Crippen molar-refractivity contribution in [1.82, 2.24) is 19.5 Å². The fourth-order valence-corrected chi connectivity index (χ4v) is 5.57. The van der Waals surface area contributed by atoms with Gasteiger partial charge >= 0.3 is 7.60 Å². The summed E-state index contributed by atoms with van der Waals surface area (Å²) in [6, 6.07) is 0. The zero-order valence-corrected chi connectivity index (χ0v) is 20.9. The first-order valence-electron chi connectivity index (χ1n) is 9.70. The number of halogens is 1. The number of nitrogen functional groups attached to an aromatic ring is 1. The van der Waals surface area contributed by atoms with Gasteiger partial charge in [0.05, 0.1) is 24.6 Å². The Morgan fingerprint density at radius 1 is 1.14 bits per heavy atom. The maximum atomic E-state index is 12.9. The highest BCUT2D eigenvalue weighted by Crippen LogP contribution is 2.50. The Labute approximate surface area is 185 Å². The van der Waals surface area contributed by atoms with Crippen LogP contribution < -0.4 is 5.73 Å². The third-order valence-electron chi connectivity index (χ3n) is 3.94. The summed E-state index contributed by atoms with van der Waals surface area (Å²) in [5, 5.41) is 0. The first-order chi connectivity index (χ1) is 13.5. The monoisotopic (exact) mass is 539 g/mol. The molecule has 0 spiro atoms. The minimum absolute atomic E-state index is 0.0623. The molecule has 0 aliphatic heterocycles. The second kappa shape index (κ2) is 10.5. The fourth-order valence-electron chi connectivity index (χ4n) is 3.05. The molecule has 0 aliphatic rings. The van der Waals surface area contributed by atoms with Gasteiger partial charge < -0.3 is 24.1 Å². The van der Waals surface area contributed by atoms with Gasteiger partial charge in [0.25, 0.3) is 0 Å². The van der Waals surface area contributed by atoms with E-state index in [1.54, 1.807) is 6.33 Å². The van der Waals surface area contributed by atoms with Crippen LogP contribution in [-0.4, -0.2) is 44.2 Å². The highest BCUT2D eigenvalue weighted by atomic mass is 127. The van der Waals surface area contributed by atoms with Crippen LogP contribution >= 0.6 is 30.2 Å². The molecule has 0 amide bonds. The van der Waals surface area contributed by atoms with E-state index in [2.05, 4.69) is 44.5 Å². The molecule has 2 aromatic heterocycles. The predicted molar refractivity (Wildman–Crippen MR) is 122 cm³/mol. The lowest BCUT2D eigenvalue weighted by atomic mass is 10.0. The molecule has 0 aliphatic carbocycles. The van der Waals surface area contributed by atoms with Crippen LogP contribution in [0, 0.1) is 9.62 Å². The summed E-state index contributed by atoms with van der Waals surface area (Å²) in [5.74, 6) is 0.506. The molecule has 0 fully saturated rings. The van der Waals surface area contributed by atoms with Gasteiger partial charge in [-0.05, 0) is 69.5 Å². The van der Waals surface area contributed by atoms with Gasteiger partial charge in [-0.15, -0.1) is 0 Å². The van der Waals surface area contributed by atoms with Crippen molar-refractivity contribution in [3.63, 3.8) is 0 Å². The number of anilines is 1. The Bertz CT molecular complexity index is 846. The van der Waals surface area contributed by atoms with E-state index < -0.39 is 7.60 Å². The summed E-state index contributed by atoms with van der Waals surface area (Å²) in [6.45, 7) is 12.1. The van der Waals surface area contributed by atoms with Crippen LogP contribution in [0.25, 0.3) is 11.2 Å². The Morgan fingerprint density at radius 2 is 1.76 bits per heavy atom. The fraction of sp³-hybridized carbons (Fsp3) is 0.722. The van der Waals surface area contributed by atoms with Crippen LogP contribution in [0.1, 0.15) is 48.0 Å². The molecule has 2 aromatic rings. The average molecular weight is 539 g/mol. The quantitative estimate of drug-likeness (QED) is 0.253. The average Bonchev–Trinajstić information content (AvgIpc) is 2.94. The van der Waals surface area contributed by atoms with E-state index in [1.165, 1.54) is 0 Å². The van der Waals surface area contributed by atoms with Crippen LogP contribution in [0.15, 0.2) is 6.33 Å². The molecule has 0 bridgehead atoms. The van der Waals surface area contributed by atoms with Gasteiger partial charge in [-0.25, -0.2) is 9.97 Å². The normalized spacial score (nSPS) is 14.8. The van der Waals surface area contributed by atoms with E-state index in [-0.39, 0.29) is 36.5 Å². The van der Waals surface area contributed by atoms with Gasteiger partial charge in [0.1, 0.15) is 15.6 Å². The van der Waals surface area contributed by atoms with E-state index in [0.29, 0.717) is 6.54 Å². The van der Waals surface area contributed by atoms with E-state index >= 15 is 0 Å². The predicted octanol–water partition coefficient (Wildman–Crippen LogP) is 4.45. The number of fused-ring (bicyclic) bond motifs is 1. The molecule has 0 aromatic carbocycles. The summed E-state index contributed by atoms with van der Waals surface area (Å²) >= 11 is 2.11.